The van der Waals surface area contributed by atoms with Crippen molar-refractivity contribution < 1.29 is 37.0 Å². The molecule has 0 spiro atoms. The van der Waals surface area contributed by atoms with Crippen LogP contribution in [0.1, 0.15) is 67.2 Å². The van der Waals surface area contributed by atoms with Gasteiger partial charge < -0.3 is 28.8 Å². The van der Waals surface area contributed by atoms with Crippen LogP contribution >= 0.6 is 11.3 Å². The fraction of sp³-hybridized carbons (Fsp3) is 0.475. The highest BCUT2D eigenvalue weighted by Crippen LogP contribution is 2.45. The smallest absolute Gasteiger partial charge is 0.413 e. The summed E-state index contributed by atoms with van der Waals surface area (Å²) in [6.45, 7) is 13.7. The molecule has 5 aromatic rings. The summed E-state index contributed by atoms with van der Waals surface area (Å²) >= 11 is 0.915. The molecule has 3 aromatic heterocycles. The number of carbonyl (C=O) groups excluding carboxylic acids is 2. The molecule has 3 fully saturated rings. The summed E-state index contributed by atoms with van der Waals surface area (Å²) in [6.07, 6.45) is 5.96. The van der Waals surface area contributed by atoms with Crippen molar-refractivity contribution in [3.63, 3.8) is 0 Å². The molecule has 296 valence electrons. The van der Waals surface area contributed by atoms with Gasteiger partial charge in [0.2, 0.25) is 0 Å². The van der Waals surface area contributed by atoms with E-state index in [1.54, 1.807) is 37.8 Å². The second-order valence-corrected chi connectivity index (χ2v) is 17.7. The van der Waals surface area contributed by atoms with E-state index in [9.17, 15) is 9.59 Å². The maximum Gasteiger partial charge on any atom is 0.413 e. The molecule has 6 heterocycles. The fourth-order valence-corrected chi connectivity index (χ4v) is 8.69. The van der Waals surface area contributed by atoms with Crippen LogP contribution in [-0.2, 0) is 9.47 Å². The second-order valence-electron chi connectivity index (χ2n) is 16.7. The number of nitrogens with one attached hydrogen (secondary N) is 2. The van der Waals surface area contributed by atoms with Crippen LogP contribution < -0.4 is 15.4 Å². The first-order valence-electron chi connectivity index (χ1n) is 18.8. The van der Waals surface area contributed by atoms with Crippen LogP contribution in [0.3, 0.4) is 0 Å². The Kier molecular flexibility index (Phi) is 9.54. The minimum atomic E-state index is -0.771. The number of rotatable bonds is 8. The van der Waals surface area contributed by atoms with Crippen molar-refractivity contribution in [1.29, 1.82) is 0 Å². The summed E-state index contributed by atoms with van der Waals surface area (Å²) in [6, 6.07) is 5.98. The van der Waals surface area contributed by atoms with Crippen LogP contribution in [0.5, 0.6) is 6.01 Å². The van der Waals surface area contributed by atoms with Crippen molar-refractivity contribution >= 4 is 55.6 Å². The average molecular weight is 790 g/mol. The van der Waals surface area contributed by atoms with Gasteiger partial charge >= 0.3 is 18.2 Å². The van der Waals surface area contributed by atoms with Crippen LogP contribution in [0.25, 0.3) is 43.4 Å². The van der Waals surface area contributed by atoms with E-state index < -0.39 is 35.0 Å². The molecule has 13 nitrogen and oxygen atoms in total. The predicted octanol–water partition coefficient (Wildman–Crippen LogP) is 8.83. The standard InChI is InChI=1S/C40H45F2N7O6S/c1-38(2,3)54-36(50)47-35-45-31-24(9-10-27(41)32(31)56-35)28-25(22-11-16-52-20-22)17-26-30(29(28)42)44-34(53-21-40-12-7-14-49(40)15-8-13-40)46-33(26)43-23-18-48(19-23)37(51)55-39(4,5)6/h9-11,16-17,20,23H,7-8,12-15,18-19,21H2,1-6H3,(H,43,44,46)(H,45,47,50). The third-order valence-corrected chi connectivity index (χ3v) is 11.2. The number of anilines is 2. The fourth-order valence-electron chi connectivity index (χ4n) is 7.81. The Labute approximate surface area is 326 Å². The number of thiazole rings is 1. The summed E-state index contributed by atoms with van der Waals surface area (Å²) in [4.78, 5) is 43.5. The molecule has 0 radical (unpaired) electrons. The molecule has 0 atom stereocenters. The van der Waals surface area contributed by atoms with E-state index in [0.717, 1.165) is 50.1 Å². The zero-order valence-corrected chi connectivity index (χ0v) is 33.1. The van der Waals surface area contributed by atoms with Gasteiger partial charge in [-0.05, 0) is 110 Å². The lowest BCUT2D eigenvalue weighted by Gasteiger charge is -2.40. The first-order chi connectivity index (χ1) is 26.6. The van der Waals surface area contributed by atoms with Gasteiger partial charge in [0, 0.05) is 35.2 Å². The number of furan rings is 1. The lowest BCUT2D eigenvalue weighted by atomic mass is 9.92. The predicted molar refractivity (Wildman–Crippen MR) is 209 cm³/mol. The molecule has 3 saturated heterocycles. The van der Waals surface area contributed by atoms with E-state index in [1.165, 1.54) is 24.7 Å². The Morgan fingerprint density at radius 2 is 1.70 bits per heavy atom. The minimum Gasteiger partial charge on any atom is -0.472 e. The number of hydrogen-bond donors (Lipinski definition) is 2. The van der Waals surface area contributed by atoms with E-state index in [4.69, 9.17) is 23.6 Å². The summed E-state index contributed by atoms with van der Waals surface area (Å²) in [5.74, 6) is -0.952. The number of nitrogens with zero attached hydrogens (tertiary/aromatic N) is 5. The first kappa shape index (κ1) is 37.8. The molecule has 2 N–H and O–H groups in total. The second kappa shape index (κ2) is 14.1. The van der Waals surface area contributed by atoms with E-state index in [2.05, 4.69) is 25.5 Å². The van der Waals surface area contributed by atoms with Crippen molar-refractivity contribution in [2.75, 3.05) is 43.4 Å². The van der Waals surface area contributed by atoms with Crippen molar-refractivity contribution in [3.05, 3.63) is 48.4 Å². The Bertz CT molecular complexity index is 2300. The largest absolute Gasteiger partial charge is 0.472 e. The zero-order valence-electron chi connectivity index (χ0n) is 32.3. The van der Waals surface area contributed by atoms with Crippen LogP contribution in [0.15, 0.2) is 41.2 Å². The number of benzene rings is 2. The van der Waals surface area contributed by atoms with Gasteiger partial charge in [0.05, 0.1) is 34.3 Å². The Morgan fingerprint density at radius 3 is 2.38 bits per heavy atom. The molecule has 0 saturated carbocycles. The van der Waals surface area contributed by atoms with Gasteiger partial charge in [0.1, 0.15) is 35.0 Å². The van der Waals surface area contributed by atoms with Gasteiger partial charge in [-0.2, -0.15) is 9.97 Å². The first-order valence-corrected chi connectivity index (χ1v) is 19.7. The highest BCUT2D eigenvalue weighted by Gasteiger charge is 2.45. The number of hydrogen-bond acceptors (Lipinski definition) is 12. The summed E-state index contributed by atoms with van der Waals surface area (Å²) in [7, 11) is 0. The summed E-state index contributed by atoms with van der Waals surface area (Å²) < 4.78 is 55.9. The number of aromatic nitrogens is 3. The van der Waals surface area contributed by atoms with Crippen LogP contribution in [0.4, 0.5) is 29.3 Å². The van der Waals surface area contributed by atoms with Crippen LogP contribution in [-0.4, -0.2) is 92.5 Å². The number of likely N-dealkylation sites (tertiary alicyclic amines) is 1. The molecule has 2 amide bonds. The van der Waals surface area contributed by atoms with Gasteiger partial charge in [-0.1, -0.05) is 11.3 Å². The number of halogens is 2. The van der Waals surface area contributed by atoms with Gasteiger partial charge in [-0.15, -0.1) is 0 Å². The summed E-state index contributed by atoms with van der Waals surface area (Å²) in [5, 5.41) is 6.47. The van der Waals surface area contributed by atoms with Gasteiger partial charge in [0.15, 0.2) is 10.9 Å². The molecular weight excluding hydrogens is 745 g/mol. The molecular formula is C40H45F2N7O6S. The van der Waals surface area contributed by atoms with Gasteiger partial charge in [-0.3, -0.25) is 10.2 Å². The number of carbonyl (C=O) groups is 2. The topological polar surface area (TPSA) is 144 Å². The SMILES string of the molecule is CC(C)(C)OC(=O)Nc1nc2c(-c3c(-c4ccoc4)cc4c(NC5CN(C(=O)OC(C)(C)C)C5)nc(OCC56CCCN5CCC6)nc4c3F)ccc(F)c2s1. The van der Waals surface area contributed by atoms with Crippen molar-refractivity contribution in [3.8, 4) is 28.3 Å². The third-order valence-electron chi connectivity index (χ3n) is 10.3. The van der Waals surface area contributed by atoms with Crippen molar-refractivity contribution in [1.82, 2.24) is 24.8 Å². The van der Waals surface area contributed by atoms with E-state index in [0.29, 0.717) is 42.0 Å². The molecule has 3 aliphatic heterocycles. The highest BCUT2D eigenvalue weighted by molar-refractivity contribution is 7.22. The molecule has 8 rings (SSSR count). The Balaban J connectivity index is 1.23. The van der Waals surface area contributed by atoms with Crippen LogP contribution in [0, 0.1) is 11.6 Å². The molecule has 56 heavy (non-hydrogen) atoms. The lowest BCUT2D eigenvalue weighted by molar-refractivity contribution is 0.0104. The third kappa shape index (κ3) is 7.43. The number of ether oxygens (including phenoxy) is 3. The number of fused-ring (bicyclic) bond motifs is 3. The monoisotopic (exact) mass is 789 g/mol. The maximum absolute atomic E-state index is 17.6. The maximum atomic E-state index is 17.6. The van der Waals surface area contributed by atoms with Crippen molar-refractivity contribution in [2.24, 2.45) is 0 Å². The average Bonchev–Trinajstić information content (AvgIpc) is 3.89. The van der Waals surface area contributed by atoms with Crippen LogP contribution in [0.2, 0.25) is 0 Å². The Hall–Kier alpha value is -5.09. The van der Waals surface area contributed by atoms with Gasteiger partial charge in [0.25, 0.3) is 0 Å². The van der Waals surface area contributed by atoms with Crippen molar-refractivity contribution in [2.45, 2.75) is 90.0 Å². The van der Waals surface area contributed by atoms with Gasteiger partial charge in [-0.25, -0.2) is 23.4 Å². The molecule has 16 heteroatoms. The Morgan fingerprint density at radius 1 is 0.964 bits per heavy atom. The molecule has 0 aliphatic carbocycles. The zero-order chi connectivity index (χ0) is 39.6. The number of amides is 2. The van der Waals surface area contributed by atoms with E-state index in [1.807, 2.05) is 20.8 Å². The highest BCUT2D eigenvalue weighted by atomic mass is 32.1. The quantitative estimate of drug-likeness (QED) is 0.156. The molecule has 0 bridgehead atoms. The lowest BCUT2D eigenvalue weighted by Crippen LogP contribution is -2.58. The van der Waals surface area contributed by atoms with E-state index >= 15 is 8.78 Å². The minimum absolute atomic E-state index is 0.0131. The van der Waals surface area contributed by atoms with E-state index in [-0.39, 0.29) is 49.6 Å². The normalized spacial score (nSPS) is 17.2. The molecule has 3 aliphatic rings. The molecule has 0 unspecified atom stereocenters. The molecule has 2 aromatic carbocycles. The summed E-state index contributed by atoms with van der Waals surface area (Å²) in [5.41, 5.74) is -0.0483.